The van der Waals surface area contributed by atoms with Crippen molar-refractivity contribution in [1.82, 2.24) is 9.55 Å². The van der Waals surface area contributed by atoms with Gasteiger partial charge in [0.25, 0.3) is 5.56 Å². The Morgan fingerprint density at radius 2 is 1.58 bits per heavy atom. The third kappa shape index (κ3) is 4.99. The molecule has 0 aliphatic carbocycles. The first kappa shape index (κ1) is 23.3. The number of carbonyl (C=O) groups excluding carboxylic acids is 1. The van der Waals surface area contributed by atoms with Crippen LogP contribution in [0.2, 0.25) is 0 Å². The number of nitrogens with zero attached hydrogens (tertiary/aromatic N) is 2. The lowest BCUT2D eigenvalue weighted by atomic mass is 10.2. The van der Waals surface area contributed by atoms with Gasteiger partial charge in [0.05, 0.1) is 28.0 Å². The first-order valence-electron chi connectivity index (χ1n) is 11.1. The van der Waals surface area contributed by atoms with E-state index in [1.165, 1.54) is 16.7 Å². The van der Waals surface area contributed by atoms with Gasteiger partial charge in [0.15, 0.2) is 10.9 Å². The van der Waals surface area contributed by atoms with Gasteiger partial charge in [-0.3, -0.25) is 14.2 Å². The predicted octanol–water partition coefficient (Wildman–Crippen LogP) is 6.05. The van der Waals surface area contributed by atoms with Crippen molar-refractivity contribution in [3.8, 4) is 17.2 Å². The van der Waals surface area contributed by atoms with Gasteiger partial charge in [-0.2, -0.15) is 0 Å². The second-order valence-corrected chi connectivity index (χ2v) is 8.69. The summed E-state index contributed by atoms with van der Waals surface area (Å²) in [5, 5.41) is 3.43. The highest BCUT2D eigenvalue weighted by molar-refractivity contribution is 7.99. The minimum absolute atomic E-state index is 0.0566. The maximum absolute atomic E-state index is 14.7. The minimum Gasteiger partial charge on any atom is -0.455 e. The highest BCUT2D eigenvalue weighted by Crippen LogP contribution is 2.30. The maximum Gasteiger partial charge on any atom is 0.266 e. The zero-order chi connectivity index (χ0) is 24.9. The van der Waals surface area contributed by atoms with Gasteiger partial charge in [-0.15, -0.1) is 0 Å². The molecule has 0 saturated carbocycles. The van der Waals surface area contributed by atoms with Crippen LogP contribution < -0.4 is 15.6 Å². The van der Waals surface area contributed by atoms with Gasteiger partial charge in [0.1, 0.15) is 11.6 Å². The predicted molar refractivity (Wildman–Crippen MR) is 140 cm³/mol. The number of fused-ring (bicyclic) bond motifs is 1. The summed E-state index contributed by atoms with van der Waals surface area (Å²) in [7, 11) is 0. The molecule has 0 unspecified atom stereocenters. The Morgan fingerprint density at radius 1 is 0.889 bits per heavy atom. The van der Waals surface area contributed by atoms with Crippen LogP contribution >= 0.6 is 11.8 Å². The normalized spacial score (nSPS) is 10.8. The zero-order valence-corrected chi connectivity index (χ0v) is 19.7. The van der Waals surface area contributed by atoms with Crippen LogP contribution in [0.1, 0.15) is 0 Å². The van der Waals surface area contributed by atoms with E-state index >= 15 is 0 Å². The lowest BCUT2D eigenvalue weighted by Crippen LogP contribution is -2.23. The topological polar surface area (TPSA) is 73.2 Å². The minimum atomic E-state index is -0.560. The number of nitrogens with one attached hydrogen (secondary N) is 1. The molecule has 1 aromatic heterocycles. The zero-order valence-electron chi connectivity index (χ0n) is 18.9. The van der Waals surface area contributed by atoms with Crippen LogP contribution in [0.3, 0.4) is 0 Å². The van der Waals surface area contributed by atoms with E-state index in [1.807, 2.05) is 36.4 Å². The largest absolute Gasteiger partial charge is 0.455 e. The Bertz CT molecular complexity index is 1610. The number of thioether (sulfide) groups is 1. The van der Waals surface area contributed by atoms with Gasteiger partial charge in [0.2, 0.25) is 5.91 Å². The maximum atomic E-state index is 14.7. The van der Waals surface area contributed by atoms with E-state index in [0.717, 1.165) is 11.8 Å². The Labute approximate surface area is 210 Å². The summed E-state index contributed by atoms with van der Waals surface area (Å²) in [5.74, 6) is 0.192. The van der Waals surface area contributed by atoms with E-state index in [-0.39, 0.29) is 22.5 Å². The van der Waals surface area contributed by atoms with Crippen LogP contribution in [0.15, 0.2) is 113 Å². The summed E-state index contributed by atoms with van der Waals surface area (Å²) < 4.78 is 21.8. The van der Waals surface area contributed by atoms with Crippen LogP contribution in [0, 0.1) is 5.82 Å². The summed E-state index contributed by atoms with van der Waals surface area (Å²) in [6, 6.07) is 29.2. The van der Waals surface area contributed by atoms with E-state index in [1.54, 1.807) is 54.6 Å². The number of halogens is 1. The van der Waals surface area contributed by atoms with Crippen LogP contribution in [0.25, 0.3) is 16.6 Å². The van der Waals surface area contributed by atoms with Crippen LogP contribution in [-0.4, -0.2) is 21.2 Å². The Morgan fingerprint density at radius 3 is 2.42 bits per heavy atom. The second-order valence-electron chi connectivity index (χ2n) is 7.75. The average molecular weight is 498 g/mol. The number of hydrogen-bond donors (Lipinski definition) is 1. The van der Waals surface area contributed by atoms with Crippen molar-refractivity contribution in [2.75, 3.05) is 11.1 Å². The molecule has 8 heteroatoms. The SMILES string of the molecule is O=C(CSc1nc2ccccc2c(=O)n1-c1ccccc1F)Nc1ccccc1Oc1ccccc1. The van der Waals surface area contributed by atoms with E-state index in [2.05, 4.69) is 10.3 Å². The van der Waals surface area contributed by atoms with Gasteiger partial charge in [0, 0.05) is 0 Å². The van der Waals surface area contributed by atoms with Crippen molar-refractivity contribution < 1.29 is 13.9 Å². The molecule has 4 aromatic carbocycles. The number of carbonyl (C=O) groups is 1. The quantitative estimate of drug-likeness (QED) is 0.219. The molecule has 36 heavy (non-hydrogen) atoms. The first-order chi connectivity index (χ1) is 17.6. The number of rotatable bonds is 7. The van der Waals surface area contributed by atoms with E-state index in [4.69, 9.17) is 4.74 Å². The molecule has 0 atom stereocenters. The lowest BCUT2D eigenvalue weighted by molar-refractivity contribution is -0.113. The molecule has 5 aromatic rings. The fraction of sp³-hybridized carbons (Fsp3) is 0.0357. The number of para-hydroxylation sites is 5. The van der Waals surface area contributed by atoms with Crippen molar-refractivity contribution in [2.45, 2.75) is 5.16 Å². The Balaban J connectivity index is 1.41. The monoisotopic (exact) mass is 497 g/mol. The lowest BCUT2D eigenvalue weighted by Gasteiger charge is -2.14. The molecule has 0 bridgehead atoms. The fourth-order valence-electron chi connectivity index (χ4n) is 3.65. The summed E-state index contributed by atoms with van der Waals surface area (Å²) in [6.45, 7) is 0. The molecular weight excluding hydrogens is 477 g/mol. The van der Waals surface area contributed by atoms with Crippen molar-refractivity contribution in [3.63, 3.8) is 0 Å². The van der Waals surface area contributed by atoms with E-state index in [0.29, 0.717) is 28.1 Å². The standard InChI is InChI=1S/C28H20FN3O3S/c29-21-13-5-8-16-24(21)32-27(34)20-12-4-6-14-22(20)31-28(32)36-18-26(33)30-23-15-7-9-17-25(23)35-19-10-2-1-3-11-19/h1-17H,18H2,(H,30,33). The van der Waals surface area contributed by atoms with E-state index < -0.39 is 11.4 Å². The Hall–Kier alpha value is -4.43. The van der Waals surface area contributed by atoms with Gasteiger partial charge in [-0.25, -0.2) is 9.37 Å². The fourth-order valence-corrected chi connectivity index (χ4v) is 4.45. The number of ether oxygens (including phenoxy) is 1. The molecule has 1 heterocycles. The molecule has 0 aliphatic heterocycles. The molecule has 1 amide bonds. The molecule has 0 saturated heterocycles. The number of amides is 1. The molecule has 178 valence electrons. The summed E-state index contributed by atoms with van der Waals surface area (Å²) in [5.41, 5.74) is 0.644. The highest BCUT2D eigenvalue weighted by atomic mass is 32.2. The molecule has 1 N–H and O–H groups in total. The van der Waals surface area contributed by atoms with Crippen molar-refractivity contribution in [2.24, 2.45) is 0 Å². The van der Waals surface area contributed by atoms with Crippen molar-refractivity contribution in [3.05, 3.63) is 119 Å². The summed E-state index contributed by atoms with van der Waals surface area (Å²) >= 11 is 1.05. The smallest absolute Gasteiger partial charge is 0.266 e. The summed E-state index contributed by atoms with van der Waals surface area (Å²) in [6.07, 6.45) is 0. The van der Waals surface area contributed by atoms with E-state index in [9.17, 15) is 14.0 Å². The molecule has 0 fully saturated rings. The molecule has 6 nitrogen and oxygen atoms in total. The van der Waals surface area contributed by atoms with Crippen molar-refractivity contribution in [1.29, 1.82) is 0 Å². The third-order valence-corrected chi connectivity index (χ3v) is 6.24. The van der Waals surface area contributed by atoms with Crippen LogP contribution in [-0.2, 0) is 4.79 Å². The van der Waals surface area contributed by atoms with Gasteiger partial charge >= 0.3 is 0 Å². The van der Waals surface area contributed by atoms with Crippen LogP contribution in [0.4, 0.5) is 10.1 Å². The number of benzene rings is 4. The molecular formula is C28H20FN3O3S. The molecule has 0 radical (unpaired) electrons. The first-order valence-corrected chi connectivity index (χ1v) is 12.1. The number of anilines is 1. The second kappa shape index (κ2) is 10.5. The average Bonchev–Trinajstić information content (AvgIpc) is 2.90. The molecule has 5 rings (SSSR count). The molecule has 0 spiro atoms. The number of hydrogen-bond acceptors (Lipinski definition) is 5. The van der Waals surface area contributed by atoms with Crippen molar-refractivity contribution >= 4 is 34.3 Å². The Kier molecular flexibility index (Phi) is 6.77. The number of aromatic nitrogens is 2. The molecule has 0 aliphatic rings. The highest BCUT2D eigenvalue weighted by Gasteiger charge is 2.17. The van der Waals surface area contributed by atoms with Gasteiger partial charge < -0.3 is 10.1 Å². The third-order valence-electron chi connectivity index (χ3n) is 5.30. The van der Waals surface area contributed by atoms with Gasteiger partial charge in [-0.05, 0) is 48.5 Å². The summed E-state index contributed by atoms with van der Waals surface area (Å²) in [4.78, 5) is 30.7. The van der Waals surface area contributed by atoms with Crippen LogP contribution in [0.5, 0.6) is 11.5 Å². The van der Waals surface area contributed by atoms with Gasteiger partial charge in [-0.1, -0.05) is 66.4 Å².